The van der Waals surface area contributed by atoms with Gasteiger partial charge in [0.15, 0.2) is 5.96 Å². The van der Waals surface area contributed by atoms with E-state index in [1.54, 1.807) is 0 Å². The van der Waals surface area contributed by atoms with Crippen molar-refractivity contribution in [2.45, 2.75) is 57.9 Å². The standard InChI is InChI=1S/C16H32N4O2/c1-3-20-12-8-9-14(20)13-19-16(17)18-11-7-5-4-6-10-15(21)22-2/h14H,3-13H2,1-2H3,(H3,17,18,19). The molecular formula is C16H32N4O2. The van der Waals surface area contributed by atoms with Gasteiger partial charge in [0.2, 0.25) is 0 Å². The molecule has 0 aromatic carbocycles. The van der Waals surface area contributed by atoms with Gasteiger partial charge in [-0.05, 0) is 38.8 Å². The van der Waals surface area contributed by atoms with Crippen LogP contribution in [0, 0.1) is 0 Å². The number of likely N-dealkylation sites (tertiary alicyclic amines) is 1. The predicted molar refractivity (Wildman–Crippen MR) is 89.9 cm³/mol. The van der Waals surface area contributed by atoms with E-state index in [0.717, 1.165) is 45.3 Å². The fourth-order valence-electron chi connectivity index (χ4n) is 2.84. The maximum atomic E-state index is 10.9. The average Bonchev–Trinajstić information content (AvgIpc) is 2.99. The number of nitrogens with two attached hydrogens (primary N) is 1. The summed E-state index contributed by atoms with van der Waals surface area (Å²) >= 11 is 0. The number of esters is 1. The number of ether oxygens (including phenoxy) is 1. The molecule has 6 heteroatoms. The van der Waals surface area contributed by atoms with E-state index >= 15 is 0 Å². The highest BCUT2D eigenvalue weighted by Gasteiger charge is 2.22. The maximum absolute atomic E-state index is 10.9. The Bertz CT molecular complexity index is 347. The largest absolute Gasteiger partial charge is 0.469 e. The number of carbonyl (C=O) groups excluding carboxylic acids is 1. The van der Waals surface area contributed by atoms with E-state index in [4.69, 9.17) is 5.73 Å². The summed E-state index contributed by atoms with van der Waals surface area (Å²) in [5.41, 5.74) is 5.90. The molecule has 128 valence electrons. The van der Waals surface area contributed by atoms with Gasteiger partial charge in [-0.25, -0.2) is 0 Å². The van der Waals surface area contributed by atoms with Crippen LogP contribution < -0.4 is 11.1 Å². The molecule has 1 saturated heterocycles. The van der Waals surface area contributed by atoms with Crippen molar-refractivity contribution in [3.8, 4) is 0 Å². The highest BCUT2D eigenvalue weighted by molar-refractivity contribution is 5.77. The minimum atomic E-state index is -0.123. The van der Waals surface area contributed by atoms with Crippen molar-refractivity contribution in [2.75, 3.05) is 33.3 Å². The second-order valence-electron chi connectivity index (χ2n) is 5.82. The van der Waals surface area contributed by atoms with E-state index in [1.807, 2.05) is 0 Å². The van der Waals surface area contributed by atoms with Crippen molar-refractivity contribution in [1.29, 1.82) is 0 Å². The summed E-state index contributed by atoms with van der Waals surface area (Å²) in [4.78, 5) is 17.9. The topological polar surface area (TPSA) is 80.0 Å². The summed E-state index contributed by atoms with van der Waals surface area (Å²) in [6.45, 7) is 6.13. The van der Waals surface area contributed by atoms with E-state index in [1.165, 1.54) is 26.5 Å². The Kier molecular flexibility index (Phi) is 9.62. The third-order valence-electron chi connectivity index (χ3n) is 4.22. The van der Waals surface area contributed by atoms with Gasteiger partial charge in [0.1, 0.15) is 0 Å². The van der Waals surface area contributed by atoms with Gasteiger partial charge in [-0.1, -0.05) is 19.8 Å². The van der Waals surface area contributed by atoms with Crippen molar-refractivity contribution in [3.63, 3.8) is 0 Å². The number of guanidine groups is 1. The molecule has 1 unspecified atom stereocenters. The molecule has 0 bridgehead atoms. The zero-order valence-electron chi connectivity index (χ0n) is 14.1. The van der Waals surface area contributed by atoms with Crippen LogP contribution in [0.1, 0.15) is 51.9 Å². The number of hydrogen-bond acceptors (Lipinski definition) is 4. The maximum Gasteiger partial charge on any atom is 0.305 e. The Morgan fingerprint density at radius 2 is 2.14 bits per heavy atom. The second-order valence-corrected chi connectivity index (χ2v) is 5.82. The lowest BCUT2D eigenvalue weighted by molar-refractivity contribution is -0.140. The number of nitrogens with one attached hydrogen (secondary N) is 1. The SMILES string of the molecule is CCN1CCCC1CN=C(N)NCCCCCCC(=O)OC. The van der Waals surface area contributed by atoms with Crippen LogP contribution in [0.4, 0.5) is 0 Å². The minimum Gasteiger partial charge on any atom is -0.469 e. The molecule has 1 fully saturated rings. The van der Waals surface area contributed by atoms with Gasteiger partial charge in [0.05, 0.1) is 13.7 Å². The Labute approximate surface area is 134 Å². The molecule has 1 aliphatic rings. The first-order valence-corrected chi connectivity index (χ1v) is 8.52. The molecule has 0 aromatic rings. The molecule has 0 saturated carbocycles. The molecule has 1 heterocycles. The first-order chi connectivity index (χ1) is 10.7. The van der Waals surface area contributed by atoms with E-state index in [0.29, 0.717) is 18.4 Å². The third kappa shape index (κ3) is 7.64. The normalized spacial score (nSPS) is 19.4. The summed E-state index contributed by atoms with van der Waals surface area (Å²) in [7, 11) is 1.43. The molecule has 1 aliphatic heterocycles. The van der Waals surface area contributed by atoms with E-state index in [-0.39, 0.29) is 5.97 Å². The van der Waals surface area contributed by atoms with Gasteiger partial charge >= 0.3 is 5.97 Å². The number of aliphatic imine (C=N–C) groups is 1. The van der Waals surface area contributed by atoms with Gasteiger partial charge in [-0.2, -0.15) is 0 Å². The Morgan fingerprint density at radius 3 is 2.86 bits per heavy atom. The van der Waals surface area contributed by atoms with Crippen LogP contribution in [0.3, 0.4) is 0 Å². The molecule has 0 aliphatic carbocycles. The van der Waals surface area contributed by atoms with Crippen LogP contribution in [0.5, 0.6) is 0 Å². The molecule has 3 N–H and O–H groups in total. The van der Waals surface area contributed by atoms with Crippen molar-refractivity contribution in [2.24, 2.45) is 10.7 Å². The Morgan fingerprint density at radius 1 is 1.36 bits per heavy atom. The molecule has 0 radical (unpaired) electrons. The van der Waals surface area contributed by atoms with Gasteiger partial charge in [-0.15, -0.1) is 0 Å². The number of rotatable bonds is 10. The number of carbonyl (C=O) groups is 1. The van der Waals surface area contributed by atoms with Gasteiger partial charge < -0.3 is 15.8 Å². The lowest BCUT2D eigenvalue weighted by Crippen LogP contribution is -2.36. The van der Waals surface area contributed by atoms with Crippen molar-refractivity contribution >= 4 is 11.9 Å². The summed E-state index contributed by atoms with van der Waals surface area (Å²) in [5, 5.41) is 3.17. The molecular weight excluding hydrogens is 280 g/mol. The fourth-order valence-corrected chi connectivity index (χ4v) is 2.84. The van der Waals surface area contributed by atoms with Crippen LogP contribution >= 0.6 is 0 Å². The Balaban J connectivity index is 2.02. The van der Waals surface area contributed by atoms with E-state index < -0.39 is 0 Å². The zero-order valence-corrected chi connectivity index (χ0v) is 14.1. The van der Waals surface area contributed by atoms with Crippen LogP contribution in [0.25, 0.3) is 0 Å². The van der Waals surface area contributed by atoms with Gasteiger partial charge in [0.25, 0.3) is 0 Å². The summed E-state index contributed by atoms with van der Waals surface area (Å²) < 4.78 is 4.61. The third-order valence-corrected chi connectivity index (χ3v) is 4.22. The molecule has 1 rings (SSSR count). The highest BCUT2D eigenvalue weighted by atomic mass is 16.5. The number of likely N-dealkylation sites (N-methyl/N-ethyl adjacent to an activating group) is 1. The first kappa shape index (κ1) is 18.7. The van der Waals surface area contributed by atoms with Crippen LogP contribution in [0.15, 0.2) is 4.99 Å². The van der Waals surface area contributed by atoms with Crippen LogP contribution in [0.2, 0.25) is 0 Å². The lowest BCUT2D eigenvalue weighted by atomic mass is 10.1. The molecule has 0 spiro atoms. The van der Waals surface area contributed by atoms with Crippen molar-refractivity contribution in [3.05, 3.63) is 0 Å². The minimum absolute atomic E-state index is 0.123. The Hall–Kier alpha value is -1.30. The number of methoxy groups -OCH3 is 1. The highest BCUT2D eigenvalue weighted by Crippen LogP contribution is 2.16. The monoisotopic (exact) mass is 312 g/mol. The van der Waals surface area contributed by atoms with Crippen molar-refractivity contribution in [1.82, 2.24) is 10.2 Å². The van der Waals surface area contributed by atoms with E-state index in [2.05, 4.69) is 26.9 Å². The van der Waals surface area contributed by atoms with Gasteiger partial charge in [0, 0.05) is 19.0 Å². The summed E-state index contributed by atoms with van der Waals surface area (Å²) in [6, 6.07) is 0.559. The molecule has 6 nitrogen and oxygen atoms in total. The van der Waals surface area contributed by atoms with Crippen molar-refractivity contribution < 1.29 is 9.53 Å². The first-order valence-electron chi connectivity index (χ1n) is 8.52. The quantitative estimate of drug-likeness (QED) is 0.276. The lowest BCUT2D eigenvalue weighted by Gasteiger charge is -2.20. The second kappa shape index (κ2) is 11.3. The van der Waals surface area contributed by atoms with E-state index in [9.17, 15) is 4.79 Å². The molecule has 0 aromatic heterocycles. The summed E-state index contributed by atoms with van der Waals surface area (Å²) in [6.07, 6.45) is 7.08. The van der Waals surface area contributed by atoms with Crippen LogP contribution in [-0.2, 0) is 9.53 Å². The smallest absolute Gasteiger partial charge is 0.305 e. The van der Waals surface area contributed by atoms with Crippen LogP contribution in [-0.4, -0.2) is 56.2 Å². The van der Waals surface area contributed by atoms with Gasteiger partial charge in [-0.3, -0.25) is 14.7 Å². The molecule has 0 amide bonds. The molecule has 1 atom stereocenters. The summed E-state index contributed by atoms with van der Waals surface area (Å²) in [5.74, 6) is 0.431. The number of unbranched alkanes of at least 4 members (excludes halogenated alkanes) is 3. The average molecular weight is 312 g/mol. The fraction of sp³-hybridized carbons (Fsp3) is 0.875. The molecule has 22 heavy (non-hydrogen) atoms. The number of hydrogen-bond donors (Lipinski definition) is 2. The predicted octanol–water partition coefficient (Wildman–Crippen LogP) is 1.50. The zero-order chi connectivity index (χ0) is 16.2. The number of nitrogens with zero attached hydrogens (tertiary/aromatic N) is 2.